The van der Waals surface area contributed by atoms with Gasteiger partial charge in [-0.25, -0.2) is 0 Å². The summed E-state index contributed by atoms with van der Waals surface area (Å²) in [5.41, 5.74) is 0. The number of aliphatic hydroxyl groups is 1. The highest BCUT2D eigenvalue weighted by atomic mass is 16.3. The second kappa shape index (κ2) is 2.11. The van der Waals surface area contributed by atoms with Crippen LogP contribution in [0.1, 0.15) is 0 Å². The highest BCUT2D eigenvalue weighted by molar-refractivity contribution is 5.83. The third-order valence-electron chi connectivity index (χ3n) is 1.11. The van der Waals surface area contributed by atoms with E-state index in [0.717, 1.165) is 0 Å². The number of carbonyl (C=O) groups is 1. The summed E-state index contributed by atoms with van der Waals surface area (Å²) in [6.45, 7) is 0.357. The van der Waals surface area contributed by atoms with E-state index >= 15 is 0 Å². The normalized spacial score (nSPS) is 28.1. The summed E-state index contributed by atoms with van der Waals surface area (Å²) in [6, 6.07) is -0.380. The number of hydrogen-bond acceptors (Lipinski definition) is 3. The molecule has 0 spiro atoms. The first-order valence-electron chi connectivity index (χ1n) is 2.46. The molecule has 4 heteroatoms. The molecule has 0 aromatic rings. The van der Waals surface area contributed by atoms with E-state index in [9.17, 15) is 4.79 Å². The number of carbonyl (C=O) groups excluding carboxylic acids is 1. The molecule has 8 heavy (non-hydrogen) atoms. The van der Waals surface area contributed by atoms with E-state index in [0.29, 0.717) is 6.67 Å². The van der Waals surface area contributed by atoms with Crippen molar-refractivity contribution in [2.24, 2.45) is 0 Å². The molecule has 1 saturated heterocycles. The standard InChI is InChI=1S/C4H8N2O2/c7-1-3-4(8)6-2-5-3/h3,5,7H,1-2H2,(H,6,8). The molecule has 0 bridgehead atoms. The largest absolute Gasteiger partial charge is 0.394 e. The molecule has 1 atom stereocenters. The van der Waals surface area contributed by atoms with Gasteiger partial charge in [0.25, 0.3) is 0 Å². The van der Waals surface area contributed by atoms with Crippen molar-refractivity contribution >= 4 is 5.91 Å². The van der Waals surface area contributed by atoms with Gasteiger partial charge in [-0.05, 0) is 0 Å². The molecular weight excluding hydrogens is 108 g/mol. The van der Waals surface area contributed by atoms with Crippen molar-refractivity contribution in [3.63, 3.8) is 0 Å². The third-order valence-corrected chi connectivity index (χ3v) is 1.11. The Labute approximate surface area is 46.9 Å². The Hall–Kier alpha value is -0.610. The van der Waals surface area contributed by atoms with Crippen LogP contribution in [0.3, 0.4) is 0 Å². The summed E-state index contributed by atoms with van der Waals surface area (Å²) >= 11 is 0. The van der Waals surface area contributed by atoms with Gasteiger partial charge in [-0.15, -0.1) is 0 Å². The molecule has 46 valence electrons. The number of rotatable bonds is 1. The number of aliphatic hydroxyl groups excluding tert-OH is 1. The average Bonchev–Trinajstić information content (AvgIpc) is 2.14. The average molecular weight is 116 g/mol. The lowest BCUT2D eigenvalue weighted by atomic mass is 10.3. The van der Waals surface area contributed by atoms with E-state index in [1.54, 1.807) is 0 Å². The second-order valence-corrected chi connectivity index (χ2v) is 1.66. The van der Waals surface area contributed by atoms with Crippen LogP contribution in [-0.4, -0.2) is 30.3 Å². The molecule has 0 saturated carbocycles. The first-order chi connectivity index (χ1) is 3.84. The van der Waals surface area contributed by atoms with Crippen LogP contribution in [0.2, 0.25) is 0 Å². The number of amides is 1. The maximum Gasteiger partial charge on any atom is 0.240 e. The lowest BCUT2D eigenvalue weighted by Crippen LogP contribution is -2.31. The molecule has 1 fully saturated rings. The minimum Gasteiger partial charge on any atom is -0.394 e. The molecule has 1 rings (SSSR count). The van der Waals surface area contributed by atoms with Crippen LogP contribution in [0, 0.1) is 0 Å². The van der Waals surface area contributed by atoms with E-state index in [4.69, 9.17) is 5.11 Å². The fourth-order valence-electron chi connectivity index (χ4n) is 0.625. The molecule has 0 aliphatic carbocycles. The Morgan fingerprint density at radius 3 is 2.88 bits per heavy atom. The van der Waals surface area contributed by atoms with E-state index in [1.165, 1.54) is 0 Å². The van der Waals surface area contributed by atoms with E-state index in [2.05, 4.69) is 10.6 Å². The molecule has 3 N–H and O–H groups in total. The molecule has 1 amide bonds. The van der Waals surface area contributed by atoms with Crippen molar-refractivity contribution in [1.82, 2.24) is 10.6 Å². The van der Waals surface area contributed by atoms with Gasteiger partial charge < -0.3 is 10.4 Å². The van der Waals surface area contributed by atoms with Crippen molar-refractivity contribution in [1.29, 1.82) is 0 Å². The van der Waals surface area contributed by atoms with Crippen LogP contribution in [0.15, 0.2) is 0 Å². The van der Waals surface area contributed by atoms with Crippen LogP contribution in [0.4, 0.5) is 0 Å². The van der Waals surface area contributed by atoms with Crippen LogP contribution >= 0.6 is 0 Å². The fourth-order valence-corrected chi connectivity index (χ4v) is 0.625. The molecular formula is C4H8N2O2. The molecule has 0 aromatic carbocycles. The van der Waals surface area contributed by atoms with Gasteiger partial charge in [0.1, 0.15) is 6.04 Å². The lowest BCUT2D eigenvalue weighted by Gasteiger charge is -1.98. The summed E-state index contributed by atoms with van der Waals surface area (Å²) < 4.78 is 0. The van der Waals surface area contributed by atoms with Gasteiger partial charge >= 0.3 is 0 Å². The van der Waals surface area contributed by atoms with Gasteiger partial charge in [-0.3, -0.25) is 10.1 Å². The van der Waals surface area contributed by atoms with Crippen molar-refractivity contribution in [2.45, 2.75) is 6.04 Å². The van der Waals surface area contributed by atoms with Gasteiger partial charge in [0.05, 0.1) is 13.3 Å². The van der Waals surface area contributed by atoms with E-state index < -0.39 is 0 Å². The lowest BCUT2D eigenvalue weighted by molar-refractivity contribution is -0.121. The third kappa shape index (κ3) is 0.801. The zero-order valence-electron chi connectivity index (χ0n) is 4.35. The van der Waals surface area contributed by atoms with Gasteiger partial charge in [-0.1, -0.05) is 0 Å². The maximum atomic E-state index is 10.5. The summed E-state index contributed by atoms with van der Waals surface area (Å²) in [4.78, 5) is 10.5. The predicted molar refractivity (Wildman–Crippen MR) is 27.0 cm³/mol. The molecule has 0 aromatic heterocycles. The quantitative estimate of drug-likeness (QED) is 0.372. The molecule has 1 heterocycles. The fraction of sp³-hybridized carbons (Fsp3) is 0.750. The molecule has 1 unspecified atom stereocenters. The number of hydrogen-bond donors (Lipinski definition) is 3. The molecule has 1 aliphatic rings. The van der Waals surface area contributed by atoms with Crippen molar-refractivity contribution < 1.29 is 9.90 Å². The first-order valence-corrected chi connectivity index (χ1v) is 2.46. The first kappa shape index (κ1) is 5.53. The molecule has 4 nitrogen and oxygen atoms in total. The van der Waals surface area contributed by atoms with Crippen LogP contribution in [-0.2, 0) is 4.79 Å². The highest BCUT2D eigenvalue weighted by Crippen LogP contribution is 1.85. The molecule has 0 radical (unpaired) electrons. The van der Waals surface area contributed by atoms with Crippen LogP contribution in [0.5, 0.6) is 0 Å². The highest BCUT2D eigenvalue weighted by Gasteiger charge is 2.21. The summed E-state index contributed by atoms with van der Waals surface area (Å²) in [5, 5.41) is 13.7. The van der Waals surface area contributed by atoms with Crippen LogP contribution < -0.4 is 10.6 Å². The Morgan fingerprint density at radius 1 is 1.88 bits per heavy atom. The maximum absolute atomic E-state index is 10.5. The Morgan fingerprint density at radius 2 is 2.62 bits per heavy atom. The van der Waals surface area contributed by atoms with E-state index in [1.807, 2.05) is 0 Å². The predicted octanol–water partition coefficient (Wildman–Crippen LogP) is -1.98. The van der Waals surface area contributed by atoms with Gasteiger partial charge in [0, 0.05) is 0 Å². The van der Waals surface area contributed by atoms with Gasteiger partial charge in [0.15, 0.2) is 0 Å². The Balaban J connectivity index is 2.42. The van der Waals surface area contributed by atoms with E-state index in [-0.39, 0.29) is 18.6 Å². The summed E-state index contributed by atoms with van der Waals surface area (Å²) in [5.74, 6) is -0.118. The zero-order valence-corrected chi connectivity index (χ0v) is 4.35. The van der Waals surface area contributed by atoms with Crippen molar-refractivity contribution in [3.05, 3.63) is 0 Å². The SMILES string of the molecule is O=C1NCNC1CO. The Kier molecular flexibility index (Phi) is 1.45. The van der Waals surface area contributed by atoms with Gasteiger partial charge in [0.2, 0.25) is 5.91 Å². The number of nitrogens with one attached hydrogen (secondary N) is 2. The smallest absolute Gasteiger partial charge is 0.240 e. The monoisotopic (exact) mass is 116 g/mol. The minimum atomic E-state index is -0.380. The topological polar surface area (TPSA) is 61.4 Å². The Bertz CT molecular complexity index is 104. The summed E-state index contributed by atoms with van der Waals surface area (Å²) in [6.07, 6.45) is 0. The second-order valence-electron chi connectivity index (χ2n) is 1.66. The minimum absolute atomic E-state index is 0.118. The van der Waals surface area contributed by atoms with Crippen molar-refractivity contribution in [3.8, 4) is 0 Å². The zero-order chi connectivity index (χ0) is 5.98. The van der Waals surface area contributed by atoms with Crippen LogP contribution in [0.25, 0.3) is 0 Å². The summed E-state index contributed by atoms with van der Waals surface area (Å²) in [7, 11) is 0. The van der Waals surface area contributed by atoms with Crippen molar-refractivity contribution in [2.75, 3.05) is 13.3 Å². The van der Waals surface area contributed by atoms with Gasteiger partial charge in [-0.2, -0.15) is 0 Å². The molecule has 1 aliphatic heterocycles.